The van der Waals surface area contributed by atoms with Crippen LogP contribution < -0.4 is 14.8 Å². The smallest absolute Gasteiger partial charge is 0.175 e. The van der Waals surface area contributed by atoms with Crippen LogP contribution in [0.4, 0.5) is 0 Å². The van der Waals surface area contributed by atoms with Crippen LogP contribution in [0, 0.1) is 5.92 Å². The fourth-order valence-electron chi connectivity index (χ4n) is 1.78. The summed E-state index contributed by atoms with van der Waals surface area (Å²) in [5.74, 6) is 2.18. The van der Waals surface area contributed by atoms with E-state index < -0.39 is 0 Å². The molecule has 0 aliphatic heterocycles. The van der Waals surface area contributed by atoms with E-state index in [0.29, 0.717) is 6.61 Å². The van der Waals surface area contributed by atoms with E-state index in [4.69, 9.17) is 9.47 Å². The maximum atomic E-state index is 5.61. The van der Waals surface area contributed by atoms with E-state index in [-0.39, 0.29) is 12.4 Å². The Hall–Kier alpha value is -0.710. The maximum Gasteiger partial charge on any atom is 0.175 e. The maximum absolute atomic E-state index is 5.61. The molecule has 120 valence electrons. The first-order chi connectivity index (χ1) is 9.58. The fraction of sp³-hybridized carbons (Fsp3) is 0.500. The average molecular weight is 379 g/mol. The van der Waals surface area contributed by atoms with Gasteiger partial charge in [-0.2, -0.15) is 0 Å². The summed E-state index contributed by atoms with van der Waals surface area (Å²) in [6, 6.07) is 4.06. The van der Waals surface area contributed by atoms with Crippen LogP contribution in [-0.2, 0) is 6.54 Å². The van der Waals surface area contributed by atoms with Gasteiger partial charge < -0.3 is 14.8 Å². The van der Waals surface area contributed by atoms with E-state index in [2.05, 4.69) is 47.7 Å². The Balaban J connectivity index is 0.00000400. The lowest BCUT2D eigenvalue weighted by atomic mass is 10.1. The molecule has 0 saturated carbocycles. The molecule has 0 saturated heterocycles. The highest BCUT2D eigenvalue weighted by Gasteiger charge is 2.11. The Morgan fingerprint density at radius 3 is 2.67 bits per heavy atom. The van der Waals surface area contributed by atoms with E-state index in [1.807, 2.05) is 6.07 Å². The zero-order valence-corrected chi connectivity index (χ0v) is 15.4. The lowest BCUT2D eigenvalue weighted by Crippen LogP contribution is -2.16. The molecule has 0 aliphatic carbocycles. The highest BCUT2D eigenvalue weighted by Crippen LogP contribution is 2.36. The van der Waals surface area contributed by atoms with Gasteiger partial charge in [0, 0.05) is 6.54 Å². The molecular weight excluding hydrogens is 354 g/mol. The molecule has 0 heterocycles. The molecule has 0 radical (unpaired) electrons. The molecule has 0 aliphatic rings. The number of halogens is 2. The molecule has 3 nitrogen and oxygen atoms in total. The van der Waals surface area contributed by atoms with Crippen molar-refractivity contribution in [1.82, 2.24) is 5.32 Å². The van der Waals surface area contributed by atoms with Gasteiger partial charge in [-0.1, -0.05) is 26.5 Å². The molecule has 1 aromatic carbocycles. The summed E-state index contributed by atoms with van der Waals surface area (Å²) in [6.45, 7) is 10.4. The van der Waals surface area contributed by atoms with Crippen LogP contribution >= 0.6 is 28.3 Å². The van der Waals surface area contributed by atoms with Crippen LogP contribution in [-0.4, -0.2) is 20.3 Å². The van der Waals surface area contributed by atoms with Gasteiger partial charge in [0.05, 0.1) is 11.6 Å². The second-order valence-corrected chi connectivity index (χ2v) is 5.92. The number of methoxy groups -OCH3 is 1. The second kappa shape index (κ2) is 10.9. The lowest BCUT2D eigenvalue weighted by molar-refractivity contribution is 0.324. The predicted molar refractivity (Wildman–Crippen MR) is 94.8 cm³/mol. The monoisotopic (exact) mass is 377 g/mol. The average Bonchev–Trinajstić information content (AvgIpc) is 2.41. The lowest BCUT2D eigenvalue weighted by Gasteiger charge is -2.14. The summed E-state index contributed by atoms with van der Waals surface area (Å²) in [5, 5.41) is 3.44. The molecule has 0 unspecified atom stereocenters. The minimum atomic E-state index is 0. The Morgan fingerprint density at radius 1 is 1.38 bits per heavy atom. The van der Waals surface area contributed by atoms with Gasteiger partial charge in [-0.25, -0.2) is 0 Å². The summed E-state index contributed by atoms with van der Waals surface area (Å²) >= 11 is 3.53. The minimum Gasteiger partial charge on any atom is -0.493 e. The van der Waals surface area contributed by atoms with Crippen molar-refractivity contribution in [2.75, 3.05) is 20.3 Å². The standard InChI is InChI=1S/C16H24BrNO2.ClH/c1-5-8-20-16-14(17)9-13(10-15(16)19-4)11-18-7-6-12(2)3;/h5,9-10,12,18H,1,6-8,11H2,2-4H3;1H. The first-order valence-electron chi connectivity index (χ1n) is 6.89. The van der Waals surface area contributed by atoms with Crippen molar-refractivity contribution in [3.63, 3.8) is 0 Å². The van der Waals surface area contributed by atoms with Gasteiger partial charge in [0.1, 0.15) is 6.61 Å². The Labute approximate surface area is 142 Å². The molecule has 0 bridgehead atoms. The van der Waals surface area contributed by atoms with Gasteiger partial charge in [-0.05, 0) is 52.5 Å². The van der Waals surface area contributed by atoms with Crippen molar-refractivity contribution in [2.45, 2.75) is 26.8 Å². The van der Waals surface area contributed by atoms with Crippen LogP contribution in [0.1, 0.15) is 25.8 Å². The first-order valence-corrected chi connectivity index (χ1v) is 7.68. The van der Waals surface area contributed by atoms with E-state index in [1.165, 1.54) is 12.0 Å². The number of rotatable bonds is 9. The quantitative estimate of drug-likeness (QED) is 0.504. The van der Waals surface area contributed by atoms with Crippen molar-refractivity contribution in [1.29, 1.82) is 0 Å². The van der Waals surface area contributed by atoms with Crippen molar-refractivity contribution in [3.05, 3.63) is 34.8 Å². The SMILES string of the molecule is C=CCOc1c(Br)cc(CNCCC(C)C)cc1OC.Cl. The van der Waals surface area contributed by atoms with E-state index in [0.717, 1.165) is 35.0 Å². The number of hydrogen-bond acceptors (Lipinski definition) is 3. The molecule has 0 atom stereocenters. The van der Waals surface area contributed by atoms with Gasteiger partial charge >= 0.3 is 0 Å². The minimum absolute atomic E-state index is 0. The summed E-state index contributed by atoms with van der Waals surface area (Å²) in [5.41, 5.74) is 1.17. The van der Waals surface area contributed by atoms with Crippen LogP contribution in [0.25, 0.3) is 0 Å². The summed E-state index contributed by atoms with van der Waals surface area (Å²) in [4.78, 5) is 0. The van der Waals surface area contributed by atoms with E-state index in [9.17, 15) is 0 Å². The normalized spacial score (nSPS) is 10.1. The van der Waals surface area contributed by atoms with Crippen molar-refractivity contribution in [3.8, 4) is 11.5 Å². The Morgan fingerprint density at radius 2 is 2.10 bits per heavy atom. The van der Waals surface area contributed by atoms with E-state index in [1.54, 1.807) is 13.2 Å². The zero-order valence-electron chi connectivity index (χ0n) is 12.9. The van der Waals surface area contributed by atoms with Crippen LogP contribution in [0.3, 0.4) is 0 Å². The molecular formula is C16H25BrClNO2. The number of benzene rings is 1. The molecule has 1 N–H and O–H groups in total. The Bertz CT molecular complexity index is 439. The molecule has 21 heavy (non-hydrogen) atoms. The van der Waals surface area contributed by atoms with Crippen molar-refractivity contribution >= 4 is 28.3 Å². The topological polar surface area (TPSA) is 30.5 Å². The number of ether oxygens (including phenoxy) is 2. The molecule has 1 rings (SSSR count). The summed E-state index contributed by atoms with van der Waals surface area (Å²) < 4.78 is 11.9. The zero-order chi connectivity index (χ0) is 15.0. The van der Waals surface area contributed by atoms with Crippen LogP contribution in [0.2, 0.25) is 0 Å². The summed E-state index contributed by atoms with van der Waals surface area (Å²) in [7, 11) is 1.65. The number of nitrogens with one attached hydrogen (secondary N) is 1. The van der Waals surface area contributed by atoms with Gasteiger partial charge in [0.2, 0.25) is 0 Å². The second-order valence-electron chi connectivity index (χ2n) is 5.07. The molecule has 0 spiro atoms. The fourth-order valence-corrected chi connectivity index (χ4v) is 2.38. The van der Waals surface area contributed by atoms with Gasteiger partial charge in [0.15, 0.2) is 11.5 Å². The van der Waals surface area contributed by atoms with Crippen molar-refractivity contribution < 1.29 is 9.47 Å². The van der Waals surface area contributed by atoms with Gasteiger partial charge in [0.25, 0.3) is 0 Å². The van der Waals surface area contributed by atoms with Crippen LogP contribution in [0.15, 0.2) is 29.3 Å². The summed E-state index contributed by atoms with van der Waals surface area (Å²) in [6.07, 6.45) is 2.89. The molecule has 1 aromatic rings. The van der Waals surface area contributed by atoms with Crippen molar-refractivity contribution in [2.24, 2.45) is 5.92 Å². The third kappa shape index (κ3) is 7.21. The molecule has 0 amide bonds. The largest absolute Gasteiger partial charge is 0.493 e. The molecule has 5 heteroatoms. The van der Waals surface area contributed by atoms with Gasteiger partial charge in [-0.3, -0.25) is 0 Å². The predicted octanol–water partition coefficient (Wildman–Crippen LogP) is 4.58. The molecule has 0 fully saturated rings. The van der Waals surface area contributed by atoms with Gasteiger partial charge in [-0.15, -0.1) is 12.4 Å². The van der Waals surface area contributed by atoms with Crippen LogP contribution in [0.5, 0.6) is 11.5 Å². The molecule has 0 aromatic heterocycles. The third-order valence-corrected chi connectivity index (χ3v) is 3.45. The van der Waals surface area contributed by atoms with E-state index >= 15 is 0 Å². The Kier molecular flexibility index (Phi) is 10.6. The third-order valence-electron chi connectivity index (χ3n) is 2.86. The highest BCUT2D eigenvalue weighted by atomic mass is 79.9. The highest BCUT2D eigenvalue weighted by molar-refractivity contribution is 9.10. The number of hydrogen-bond donors (Lipinski definition) is 1. The first kappa shape index (κ1) is 20.3.